The van der Waals surface area contributed by atoms with Gasteiger partial charge in [0.05, 0.1) is 0 Å². The molecule has 1 nitrogen and oxygen atoms in total. The number of hydrogen-bond donors (Lipinski definition) is 0. The summed E-state index contributed by atoms with van der Waals surface area (Å²) in [7, 11) is 4.65. The third-order valence-corrected chi connectivity index (χ3v) is 12.4. The Balaban J connectivity index is 1.50. The maximum Gasteiger partial charge on any atom is 0.0143 e. The van der Waals surface area contributed by atoms with Crippen molar-refractivity contribution in [2.45, 2.75) is 125 Å². The summed E-state index contributed by atoms with van der Waals surface area (Å²) in [5.74, 6) is 6.74. The number of hydrogen-bond acceptors (Lipinski definition) is 1. The minimum absolute atomic E-state index is 0.450. The average Bonchev–Trinajstić information content (AvgIpc) is 3.04. The molecule has 4 aliphatic rings. The Morgan fingerprint density at radius 3 is 2.06 bits per heavy atom. The smallest absolute Gasteiger partial charge is 0.0143 e. The lowest BCUT2D eigenvalue weighted by Gasteiger charge is -2.66. The lowest BCUT2D eigenvalue weighted by atomic mass is 9.40. The van der Waals surface area contributed by atoms with Gasteiger partial charge in [-0.05, 0) is 123 Å². The molecule has 4 rings (SSSR count). The van der Waals surface area contributed by atoms with Crippen molar-refractivity contribution in [3.05, 3.63) is 0 Å². The second kappa shape index (κ2) is 8.87. The van der Waals surface area contributed by atoms with Gasteiger partial charge in [0.1, 0.15) is 0 Å². The van der Waals surface area contributed by atoms with Gasteiger partial charge in [0, 0.05) is 6.04 Å². The Morgan fingerprint density at radius 1 is 0.750 bits per heavy atom. The largest absolute Gasteiger partial charge is 0.306 e. The SMILES string of the molecule is CC(C)CCC[C@@H](C)[C@H]1CC[C@H]2[C@@H]3CCC4C(C)(C)C(N(C)C)CC[C@]4(C)[C@H]3CC[C@]12C. The fraction of sp³-hybridized carbons (Fsp3) is 1.00. The van der Waals surface area contributed by atoms with Gasteiger partial charge >= 0.3 is 0 Å². The molecular weight excluding hydrogens is 386 g/mol. The summed E-state index contributed by atoms with van der Waals surface area (Å²) < 4.78 is 0. The predicted molar refractivity (Wildman–Crippen MR) is 140 cm³/mol. The van der Waals surface area contributed by atoms with Crippen LogP contribution in [-0.4, -0.2) is 25.0 Å². The van der Waals surface area contributed by atoms with Crippen molar-refractivity contribution in [1.82, 2.24) is 4.90 Å². The molecule has 0 spiro atoms. The van der Waals surface area contributed by atoms with Crippen molar-refractivity contribution in [3.8, 4) is 0 Å². The monoisotopic (exact) mass is 443 g/mol. The molecular formula is C31H57N. The molecule has 0 aromatic carbocycles. The fourth-order valence-corrected chi connectivity index (χ4v) is 11.0. The number of rotatable bonds is 6. The molecule has 0 aromatic heterocycles. The fourth-order valence-electron chi connectivity index (χ4n) is 11.0. The van der Waals surface area contributed by atoms with E-state index >= 15 is 0 Å². The van der Waals surface area contributed by atoms with E-state index in [2.05, 4.69) is 67.5 Å². The Kier molecular flexibility index (Phi) is 6.95. The van der Waals surface area contributed by atoms with Gasteiger partial charge in [-0.3, -0.25) is 0 Å². The van der Waals surface area contributed by atoms with E-state index in [1.165, 1.54) is 64.2 Å². The van der Waals surface area contributed by atoms with Gasteiger partial charge < -0.3 is 4.90 Å². The zero-order valence-corrected chi connectivity index (χ0v) is 23.3. The van der Waals surface area contributed by atoms with Crippen LogP contribution in [0.3, 0.4) is 0 Å². The van der Waals surface area contributed by atoms with Crippen molar-refractivity contribution in [3.63, 3.8) is 0 Å². The van der Waals surface area contributed by atoms with E-state index in [9.17, 15) is 0 Å². The highest BCUT2D eigenvalue weighted by Crippen LogP contribution is 2.70. The molecule has 0 heterocycles. The second-order valence-corrected chi connectivity index (χ2v) is 14.9. The minimum atomic E-state index is 0.450. The van der Waals surface area contributed by atoms with E-state index < -0.39 is 0 Å². The lowest BCUT2D eigenvalue weighted by molar-refractivity contribution is -0.164. The maximum atomic E-state index is 2.76. The molecule has 4 fully saturated rings. The molecule has 0 radical (unpaired) electrons. The molecule has 0 bridgehead atoms. The Bertz CT molecular complexity index is 649. The molecule has 32 heavy (non-hydrogen) atoms. The summed E-state index contributed by atoms with van der Waals surface area (Å²) in [6, 6.07) is 0.758. The highest BCUT2D eigenvalue weighted by Gasteiger charge is 2.63. The van der Waals surface area contributed by atoms with Crippen LogP contribution < -0.4 is 0 Å². The van der Waals surface area contributed by atoms with Crippen LogP contribution >= 0.6 is 0 Å². The molecule has 4 aliphatic carbocycles. The summed E-state index contributed by atoms with van der Waals surface area (Å²) in [5.41, 5.74) is 1.67. The summed E-state index contributed by atoms with van der Waals surface area (Å²) in [4.78, 5) is 2.55. The van der Waals surface area contributed by atoms with Crippen molar-refractivity contribution in [2.24, 2.45) is 57.7 Å². The van der Waals surface area contributed by atoms with Gasteiger partial charge in [0.2, 0.25) is 0 Å². The number of nitrogens with zero attached hydrogens (tertiary/aromatic N) is 1. The molecule has 0 amide bonds. The van der Waals surface area contributed by atoms with E-state index in [4.69, 9.17) is 0 Å². The van der Waals surface area contributed by atoms with Crippen LogP contribution in [-0.2, 0) is 0 Å². The first-order valence-corrected chi connectivity index (χ1v) is 14.6. The molecule has 9 atom stereocenters. The summed E-state index contributed by atoms with van der Waals surface area (Å²) in [6.45, 7) is 18.2. The van der Waals surface area contributed by atoms with Crippen LogP contribution in [0.25, 0.3) is 0 Å². The maximum absolute atomic E-state index is 2.76. The van der Waals surface area contributed by atoms with E-state index in [1.807, 2.05) is 0 Å². The topological polar surface area (TPSA) is 3.24 Å². The van der Waals surface area contributed by atoms with Crippen LogP contribution in [0, 0.1) is 57.7 Å². The molecule has 0 aliphatic heterocycles. The van der Waals surface area contributed by atoms with E-state index in [-0.39, 0.29) is 0 Å². The Morgan fingerprint density at radius 2 is 1.41 bits per heavy atom. The van der Waals surface area contributed by atoms with Crippen LogP contribution in [0.5, 0.6) is 0 Å². The number of fused-ring (bicyclic) bond motifs is 5. The van der Waals surface area contributed by atoms with Crippen molar-refractivity contribution in [2.75, 3.05) is 14.1 Å². The standard InChI is InChI=1S/C31H57N/c1-21(2)11-10-12-22(3)24-14-15-25-23-13-16-27-29(4,5)28(32(8)9)18-20-31(27,7)26(23)17-19-30(24,25)6/h21-28H,10-20H2,1-9H3/t22-,23+,24-,25+,26+,27?,28?,30-,31-/m1/s1. The first kappa shape index (κ1) is 25.1. The lowest BCUT2D eigenvalue weighted by Crippen LogP contribution is -2.61. The minimum Gasteiger partial charge on any atom is -0.306 e. The molecule has 0 saturated heterocycles. The highest BCUT2D eigenvalue weighted by molar-refractivity contribution is 5.13. The zero-order chi connectivity index (χ0) is 23.5. The molecule has 1 heteroatoms. The van der Waals surface area contributed by atoms with E-state index in [0.29, 0.717) is 16.2 Å². The van der Waals surface area contributed by atoms with Gasteiger partial charge in [-0.2, -0.15) is 0 Å². The second-order valence-electron chi connectivity index (χ2n) is 14.9. The Hall–Kier alpha value is -0.0400. The van der Waals surface area contributed by atoms with Crippen molar-refractivity contribution >= 4 is 0 Å². The summed E-state index contributed by atoms with van der Waals surface area (Å²) in [5, 5.41) is 0. The van der Waals surface area contributed by atoms with Gasteiger partial charge in [-0.25, -0.2) is 0 Å². The van der Waals surface area contributed by atoms with Crippen LogP contribution in [0.15, 0.2) is 0 Å². The highest BCUT2D eigenvalue weighted by atomic mass is 15.1. The van der Waals surface area contributed by atoms with Gasteiger partial charge in [-0.15, -0.1) is 0 Å². The summed E-state index contributed by atoms with van der Waals surface area (Å²) in [6.07, 6.45) is 16.4. The van der Waals surface area contributed by atoms with Crippen molar-refractivity contribution in [1.29, 1.82) is 0 Å². The first-order chi connectivity index (χ1) is 14.9. The first-order valence-electron chi connectivity index (χ1n) is 14.6. The third kappa shape index (κ3) is 3.93. The molecule has 186 valence electrons. The quantitative estimate of drug-likeness (QED) is 0.397. The third-order valence-electron chi connectivity index (χ3n) is 12.4. The van der Waals surface area contributed by atoms with Gasteiger partial charge in [0.25, 0.3) is 0 Å². The normalized spacial score (nSPS) is 46.6. The summed E-state index contributed by atoms with van der Waals surface area (Å²) >= 11 is 0. The molecule has 4 saturated carbocycles. The molecule has 2 unspecified atom stereocenters. The van der Waals surface area contributed by atoms with E-state index in [1.54, 1.807) is 6.42 Å². The molecule has 0 aromatic rings. The predicted octanol–water partition coefficient (Wildman–Crippen LogP) is 8.67. The Labute approximate surface area is 201 Å². The van der Waals surface area contributed by atoms with Crippen molar-refractivity contribution < 1.29 is 0 Å². The van der Waals surface area contributed by atoms with Gasteiger partial charge in [-0.1, -0.05) is 67.7 Å². The van der Waals surface area contributed by atoms with Crippen LogP contribution in [0.1, 0.15) is 119 Å². The molecule has 0 N–H and O–H groups in total. The van der Waals surface area contributed by atoms with Gasteiger partial charge in [0.15, 0.2) is 0 Å². The zero-order valence-electron chi connectivity index (χ0n) is 23.3. The van der Waals surface area contributed by atoms with Crippen LogP contribution in [0.4, 0.5) is 0 Å². The van der Waals surface area contributed by atoms with Crippen LogP contribution in [0.2, 0.25) is 0 Å². The average molecular weight is 444 g/mol. The van der Waals surface area contributed by atoms with E-state index in [0.717, 1.165) is 47.5 Å².